The molecule has 0 unspecified atom stereocenters. The molecule has 3 heterocycles. The monoisotopic (exact) mass is 439 g/mol. The number of hydrogen-bond acceptors (Lipinski definition) is 6. The zero-order valence-corrected chi connectivity index (χ0v) is 17.9. The molecule has 2 aromatic carbocycles. The van der Waals surface area contributed by atoms with Crippen molar-refractivity contribution in [2.45, 2.75) is 25.6 Å². The van der Waals surface area contributed by atoms with Gasteiger partial charge in [-0.05, 0) is 35.9 Å². The fourth-order valence-electron chi connectivity index (χ4n) is 3.73. The molecule has 0 spiro atoms. The Hall–Kier alpha value is -3.75. The zero-order chi connectivity index (χ0) is 22.7. The molecule has 2 atom stereocenters. The lowest BCUT2D eigenvalue weighted by atomic mass is 10.1. The number of amides is 3. The summed E-state index contributed by atoms with van der Waals surface area (Å²) < 4.78 is 17.0. The molecule has 9 heteroatoms. The molecule has 9 nitrogen and oxygen atoms in total. The molecule has 2 N–H and O–H groups in total. The van der Waals surface area contributed by atoms with Crippen molar-refractivity contribution >= 4 is 17.7 Å². The first-order valence-electron chi connectivity index (χ1n) is 10.3. The summed E-state index contributed by atoms with van der Waals surface area (Å²) in [7, 11) is 1.48. The fraction of sp³-hybridized carbons (Fsp3) is 0.348. The average Bonchev–Trinajstić information content (AvgIpc) is 3.18. The summed E-state index contributed by atoms with van der Waals surface area (Å²) in [6.45, 7) is 2.33. The highest BCUT2D eigenvalue weighted by molar-refractivity contribution is 5.95. The molecular formula is C23H25N3O6. The Kier molecular flexibility index (Phi) is 6.16. The van der Waals surface area contributed by atoms with Gasteiger partial charge in [0.1, 0.15) is 11.9 Å². The van der Waals surface area contributed by atoms with Crippen LogP contribution in [0.15, 0.2) is 42.5 Å². The third kappa shape index (κ3) is 4.77. The average molecular weight is 439 g/mol. The number of nitrogens with zero attached hydrogens (tertiary/aromatic N) is 1. The van der Waals surface area contributed by atoms with Crippen molar-refractivity contribution in [3.63, 3.8) is 0 Å². The Morgan fingerprint density at radius 3 is 2.62 bits per heavy atom. The molecule has 4 bridgehead atoms. The first kappa shape index (κ1) is 21.5. The third-order valence-corrected chi connectivity index (χ3v) is 5.51. The number of rotatable bonds is 1. The van der Waals surface area contributed by atoms with Gasteiger partial charge in [0.2, 0.25) is 5.91 Å². The molecule has 32 heavy (non-hydrogen) atoms. The largest absolute Gasteiger partial charge is 0.493 e. The van der Waals surface area contributed by atoms with E-state index in [1.807, 2.05) is 12.1 Å². The smallest absolute Gasteiger partial charge is 0.258 e. The van der Waals surface area contributed by atoms with Crippen LogP contribution in [0.1, 0.15) is 22.8 Å². The standard InChI is InChI=1S/C23H25N3O6/c1-14(27)26-11-18-21(12-26)32-17-6-3-15(4-7-17)10-24-22(28)13-31-20-9-16(23(29)25-18)5-8-19(20)30-2/h3-9,18,21H,10-13H2,1-2H3,(H,24,28)(H,25,29)/t18-,21-/m0/s1. The molecule has 3 aliphatic rings. The van der Waals surface area contributed by atoms with Gasteiger partial charge >= 0.3 is 0 Å². The molecule has 0 saturated carbocycles. The summed E-state index contributed by atoms with van der Waals surface area (Å²) >= 11 is 0. The predicted molar refractivity (Wildman–Crippen MR) is 115 cm³/mol. The fourth-order valence-corrected chi connectivity index (χ4v) is 3.73. The number of carbonyl (C=O) groups excluding carboxylic acids is 3. The second-order valence-corrected chi connectivity index (χ2v) is 7.74. The minimum atomic E-state index is -0.405. The van der Waals surface area contributed by atoms with Crippen LogP contribution in [-0.4, -0.2) is 61.6 Å². The molecule has 0 aliphatic carbocycles. The molecular weight excluding hydrogens is 414 g/mol. The van der Waals surface area contributed by atoms with Gasteiger partial charge in [-0.25, -0.2) is 0 Å². The van der Waals surface area contributed by atoms with Gasteiger partial charge in [0.15, 0.2) is 18.1 Å². The molecule has 168 valence electrons. The quantitative estimate of drug-likeness (QED) is 0.690. The second-order valence-electron chi connectivity index (χ2n) is 7.74. The number of likely N-dealkylation sites (tertiary alicyclic amines) is 1. The van der Waals surface area contributed by atoms with Gasteiger partial charge < -0.3 is 29.7 Å². The molecule has 1 fully saturated rings. The van der Waals surface area contributed by atoms with Crippen molar-refractivity contribution in [3.05, 3.63) is 53.6 Å². The topological polar surface area (TPSA) is 106 Å². The van der Waals surface area contributed by atoms with Gasteiger partial charge in [0, 0.05) is 25.6 Å². The maximum atomic E-state index is 13.0. The summed E-state index contributed by atoms with van der Waals surface area (Å²) in [6.07, 6.45) is -0.405. The van der Waals surface area contributed by atoms with Crippen molar-refractivity contribution in [1.29, 1.82) is 0 Å². The van der Waals surface area contributed by atoms with E-state index in [2.05, 4.69) is 10.6 Å². The maximum Gasteiger partial charge on any atom is 0.258 e. The Morgan fingerprint density at radius 2 is 1.91 bits per heavy atom. The minimum absolute atomic E-state index is 0.0799. The van der Waals surface area contributed by atoms with Crippen LogP contribution in [0.5, 0.6) is 17.2 Å². The number of ether oxygens (including phenoxy) is 3. The van der Waals surface area contributed by atoms with E-state index in [-0.39, 0.29) is 30.1 Å². The molecule has 1 saturated heterocycles. The highest BCUT2D eigenvalue weighted by Gasteiger charge is 2.37. The number of methoxy groups -OCH3 is 1. The Bertz CT molecular complexity index is 1020. The lowest BCUT2D eigenvalue weighted by Crippen LogP contribution is -2.45. The van der Waals surface area contributed by atoms with Gasteiger partial charge in [-0.15, -0.1) is 0 Å². The Morgan fingerprint density at radius 1 is 1.12 bits per heavy atom. The highest BCUT2D eigenvalue weighted by Crippen LogP contribution is 2.28. The molecule has 3 aliphatic heterocycles. The van der Waals surface area contributed by atoms with E-state index < -0.39 is 12.1 Å². The number of benzene rings is 2. The number of carbonyl (C=O) groups is 3. The third-order valence-electron chi connectivity index (χ3n) is 5.51. The predicted octanol–water partition coefficient (Wildman–Crippen LogP) is 1.11. The van der Waals surface area contributed by atoms with Crippen LogP contribution in [0.3, 0.4) is 0 Å². The van der Waals surface area contributed by atoms with Crippen molar-refractivity contribution in [2.24, 2.45) is 0 Å². The van der Waals surface area contributed by atoms with E-state index >= 15 is 0 Å². The van der Waals surface area contributed by atoms with Crippen LogP contribution >= 0.6 is 0 Å². The first-order chi connectivity index (χ1) is 15.4. The van der Waals surface area contributed by atoms with Gasteiger partial charge in [0.25, 0.3) is 11.8 Å². The lowest BCUT2D eigenvalue weighted by Gasteiger charge is -2.21. The summed E-state index contributed by atoms with van der Waals surface area (Å²) in [5.74, 6) is 0.592. The van der Waals surface area contributed by atoms with E-state index in [1.165, 1.54) is 20.1 Å². The molecule has 5 rings (SSSR count). The number of hydrogen-bond donors (Lipinski definition) is 2. The van der Waals surface area contributed by atoms with Crippen molar-refractivity contribution in [2.75, 3.05) is 26.8 Å². The van der Waals surface area contributed by atoms with Gasteiger partial charge in [-0.1, -0.05) is 12.1 Å². The van der Waals surface area contributed by atoms with Crippen LogP contribution < -0.4 is 24.8 Å². The van der Waals surface area contributed by atoms with E-state index in [4.69, 9.17) is 14.2 Å². The van der Waals surface area contributed by atoms with Crippen LogP contribution in [0.25, 0.3) is 0 Å². The van der Waals surface area contributed by atoms with Gasteiger partial charge in [0.05, 0.1) is 19.7 Å². The van der Waals surface area contributed by atoms with Crippen LogP contribution in [-0.2, 0) is 16.1 Å². The van der Waals surface area contributed by atoms with Crippen LogP contribution in [0.4, 0.5) is 0 Å². The van der Waals surface area contributed by atoms with Crippen molar-refractivity contribution in [1.82, 2.24) is 15.5 Å². The van der Waals surface area contributed by atoms with Crippen LogP contribution in [0.2, 0.25) is 0 Å². The van der Waals surface area contributed by atoms with Gasteiger partial charge in [-0.3, -0.25) is 14.4 Å². The maximum absolute atomic E-state index is 13.0. The van der Waals surface area contributed by atoms with Gasteiger partial charge in [-0.2, -0.15) is 0 Å². The first-order valence-corrected chi connectivity index (χ1v) is 10.3. The lowest BCUT2D eigenvalue weighted by molar-refractivity contribution is -0.128. The normalized spacial score (nSPS) is 20.9. The van der Waals surface area contributed by atoms with Crippen molar-refractivity contribution < 1.29 is 28.6 Å². The van der Waals surface area contributed by atoms with Crippen molar-refractivity contribution in [3.8, 4) is 17.2 Å². The molecule has 3 amide bonds. The highest BCUT2D eigenvalue weighted by atomic mass is 16.5. The summed E-state index contributed by atoms with van der Waals surface area (Å²) in [6, 6.07) is 11.7. The molecule has 2 aromatic rings. The number of nitrogens with one attached hydrogen (secondary N) is 2. The summed E-state index contributed by atoms with van der Waals surface area (Å²) in [4.78, 5) is 38.8. The summed E-state index contributed by atoms with van der Waals surface area (Å²) in [5, 5.41) is 5.76. The van der Waals surface area contributed by atoms with E-state index in [9.17, 15) is 14.4 Å². The molecule has 0 aromatic heterocycles. The van der Waals surface area contributed by atoms with E-state index in [1.54, 1.807) is 29.2 Å². The molecule has 0 radical (unpaired) electrons. The second kappa shape index (κ2) is 9.17. The SMILES string of the molecule is COc1ccc2cc1OCC(=O)NCc1ccc(cc1)O[C@H]1CN(C(C)=O)C[C@@H]1NC2=O. The Balaban J connectivity index is 1.65. The van der Waals surface area contributed by atoms with E-state index in [0.29, 0.717) is 36.7 Å². The Labute approximate surface area is 185 Å². The minimum Gasteiger partial charge on any atom is -0.493 e. The van der Waals surface area contributed by atoms with Crippen LogP contribution in [0, 0.1) is 0 Å². The number of fused-ring (bicyclic) bond motifs is 7. The summed E-state index contributed by atoms with van der Waals surface area (Å²) in [5.41, 5.74) is 1.24. The zero-order valence-electron chi connectivity index (χ0n) is 17.9. The van der Waals surface area contributed by atoms with E-state index in [0.717, 1.165) is 5.56 Å².